The maximum atomic E-state index is 11.9. The molecular weight excluding hydrogens is 268 g/mol. The van der Waals surface area contributed by atoms with Crippen LogP contribution in [0.1, 0.15) is 0 Å². The molecule has 1 aromatic rings. The minimum atomic E-state index is -3.38. The molecule has 106 valence electrons. The Morgan fingerprint density at radius 3 is 2.58 bits per heavy atom. The van der Waals surface area contributed by atoms with Crippen LogP contribution in [0.25, 0.3) is 0 Å². The van der Waals surface area contributed by atoms with Crippen molar-refractivity contribution >= 4 is 15.7 Å². The number of rotatable bonds is 7. The summed E-state index contributed by atoms with van der Waals surface area (Å²) >= 11 is 0. The Balaban J connectivity index is 2.47. The molecule has 0 aliphatic rings. The maximum Gasteiger partial charge on any atom is 0.239 e. The Morgan fingerprint density at radius 1 is 1.37 bits per heavy atom. The van der Waals surface area contributed by atoms with Gasteiger partial charge >= 0.3 is 0 Å². The molecule has 19 heavy (non-hydrogen) atoms. The van der Waals surface area contributed by atoms with Crippen LogP contribution in [0.4, 0.5) is 0 Å². The molecule has 3 N–H and O–H groups in total. The summed E-state index contributed by atoms with van der Waals surface area (Å²) in [7, 11) is -1.94. The van der Waals surface area contributed by atoms with Gasteiger partial charge in [0.05, 0.1) is 17.3 Å². The first-order chi connectivity index (χ1) is 8.97. The van der Waals surface area contributed by atoms with Crippen molar-refractivity contribution in [1.29, 1.82) is 0 Å². The molecule has 0 aromatic heterocycles. The second-order valence-electron chi connectivity index (χ2n) is 3.98. The highest BCUT2D eigenvalue weighted by Gasteiger charge is 2.16. The normalized spacial score (nSPS) is 12.9. The molecule has 1 amide bonds. The summed E-state index contributed by atoms with van der Waals surface area (Å²) < 4.78 is 28.5. The highest BCUT2D eigenvalue weighted by Crippen LogP contribution is 2.09. The Labute approximate surface area is 112 Å². The van der Waals surface area contributed by atoms with E-state index >= 15 is 0 Å². The van der Waals surface area contributed by atoms with Gasteiger partial charge in [-0.05, 0) is 12.1 Å². The van der Waals surface area contributed by atoms with Gasteiger partial charge in [0.25, 0.3) is 0 Å². The Bertz CT molecular complexity index is 502. The van der Waals surface area contributed by atoms with Crippen LogP contribution in [-0.4, -0.2) is 46.4 Å². The van der Waals surface area contributed by atoms with Gasteiger partial charge in [-0.1, -0.05) is 18.2 Å². The van der Waals surface area contributed by atoms with Crippen molar-refractivity contribution in [1.82, 2.24) is 5.32 Å². The number of carbonyl (C=O) groups excluding carboxylic acids is 1. The van der Waals surface area contributed by atoms with Crippen LogP contribution in [0.3, 0.4) is 0 Å². The van der Waals surface area contributed by atoms with E-state index in [2.05, 4.69) is 5.32 Å². The lowest BCUT2D eigenvalue weighted by atomic mass is 10.3. The van der Waals surface area contributed by atoms with Crippen molar-refractivity contribution in [3.8, 4) is 0 Å². The van der Waals surface area contributed by atoms with Gasteiger partial charge in [-0.2, -0.15) is 0 Å². The molecule has 0 heterocycles. The van der Waals surface area contributed by atoms with E-state index in [1.165, 1.54) is 19.2 Å². The zero-order chi connectivity index (χ0) is 14.3. The lowest BCUT2D eigenvalue weighted by molar-refractivity contribution is -0.123. The van der Waals surface area contributed by atoms with Gasteiger partial charge in [-0.25, -0.2) is 8.42 Å². The molecule has 1 aromatic carbocycles. The lowest BCUT2D eigenvalue weighted by Gasteiger charge is -2.11. The van der Waals surface area contributed by atoms with E-state index in [0.29, 0.717) is 0 Å². The molecule has 0 bridgehead atoms. The molecule has 1 unspecified atom stereocenters. The Hall–Kier alpha value is -1.44. The summed E-state index contributed by atoms with van der Waals surface area (Å²) in [4.78, 5) is 11.7. The maximum absolute atomic E-state index is 11.9. The first-order valence-electron chi connectivity index (χ1n) is 5.77. The second kappa shape index (κ2) is 7.22. The first-order valence-corrected chi connectivity index (χ1v) is 7.42. The fourth-order valence-electron chi connectivity index (χ4n) is 1.44. The standard InChI is InChI=1S/C12H18N2O4S/c1-18-9-11(13)12(15)14-7-8-19(16,17)10-5-3-2-4-6-10/h2-6,11H,7-9,13H2,1H3,(H,14,15). The molecule has 0 aliphatic carbocycles. The third-order valence-corrected chi connectivity index (χ3v) is 4.19. The van der Waals surface area contributed by atoms with E-state index in [1.54, 1.807) is 18.2 Å². The van der Waals surface area contributed by atoms with Gasteiger partial charge in [-0.3, -0.25) is 4.79 Å². The summed E-state index contributed by atoms with van der Waals surface area (Å²) in [6, 6.07) is 7.30. The van der Waals surface area contributed by atoms with Gasteiger partial charge in [0.15, 0.2) is 9.84 Å². The van der Waals surface area contributed by atoms with Gasteiger partial charge in [-0.15, -0.1) is 0 Å². The van der Waals surface area contributed by atoms with E-state index in [0.717, 1.165) is 0 Å². The van der Waals surface area contributed by atoms with E-state index in [-0.39, 0.29) is 23.8 Å². The number of ether oxygens (including phenoxy) is 1. The monoisotopic (exact) mass is 286 g/mol. The number of hydrogen-bond donors (Lipinski definition) is 2. The summed E-state index contributed by atoms with van der Waals surface area (Å²) in [5, 5.41) is 2.47. The van der Waals surface area contributed by atoms with Crippen molar-refractivity contribution in [3.05, 3.63) is 30.3 Å². The number of nitrogens with one attached hydrogen (secondary N) is 1. The zero-order valence-electron chi connectivity index (χ0n) is 10.7. The smallest absolute Gasteiger partial charge is 0.239 e. The van der Waals surface area contributed by atoms with E-state index in [1.807, 2.05) is 0 Å². The SMILES string of the molecule is COCC(N)C(=O)NCCS(=O)(=O)c1ccccc1. The molecule has 1 rings (SSSR count). The Kier molecular flexibility index (Phi) is 5.94. The first kappa shape index (κ1) is 15.6. The van der Waals surface area contributed by atoms with Crippen LogP contribution < -0.4 is 11.1 Å². The van der Waals surface area contributed by atoms with Gasteiger partial charge in [0.2, 0.25) is 5.91 Å². The topological polar surface area (TPSA) is 98.5 Å². The van der Waals surface area contributed by atoms with E-state index in [9.17, 15) is 13.2 Å². The predicted molar refractivity (Wildman–Crippen MR) is 71.4 cm³/mol. The minimum Gasteiger partial charge on any atom is -0.383 e. The average Bonchev–Trinajstić information content (AvgIpc) is 2.39. The van der Waals surface area contributed by atoms with Crippen molar-refractivity contribution in [2.45, 2.75) is 10.9 Å². The highest BCUT2D eigenvalue weighted by molar-refractivity contribution is 7.91. The van der Waals surface area contributed by atoms with Gasteiger partial charge in [0, 0.05) is 13.7 Å². The number of carbonyl (C=O) groups is 1. The molecule has 0 fully saturated rings. The summed E-state index contributed by atoms with van der Waals surface area (Å²) in [6.45, 7) is 0.116. The third kappa shape index (κ3) is 4.98. The van der Waals surface area contributed by atoms with Crippen LogP contribution in [0.2, 0.25) is 0 Å². The average molecular weight is 286 g/mol. The third-order valence-electron chi connectivity index (χ3n) is 2.46. The number of nitrogens with two attached hydrogens (primary N) is 1. The van der Waals surface area contributed by atoms with Crippen molar-refractivity contribution in [3.63, 3.8) is 0 Å². The quantitative estimate of drug-likeness (QED) is 0.707. The van der Waals surface area contributed by atoms with Gasteiger partial charge < -0.3 is 15.8 Å². The number of sulfone groups is 1. The Morgan fingerprint density at radius 2 is 2.00 bits per heavy atom. The second-order valence-corrected chi connectivity index (χ2v) is 6.09. The molecule has 0 saturated heterocycles. The fraction of sp³-hybridized carbons (Fsp3) is 0.417. The highest BCUT2D eigenvalue weighted by atomic mass is 32.2. The molecule has 0 saturated carbocycles. The van der Waals surface area contributed by atoms with Crippen molar-refractivity contribution in [2.24, 2.45) is 5.73 Å². The molecule has 6 nitrogen and oxygen atoms in total. The van der Waals surface area contributed by atoms with Crippen LogP contribution in [-0.2, 0) is 19.4 Å². The van der Waals surface area contributed by atoms with Crippen LogP contribution >= 0.6 is 0 Å². The van der Waals surface area contributed by atoms with Crippen LogP contribution in [0.5, 0.6) is 0 Å². The molecule has 0 spiro atoms. The lowest BCUT2D eigenvalue weighted by Crippen LogP contribution is -2.44. The number of benzene rings is 1. The summed E-state index contributed by atoms with van der Waals surface area (Å²) in [5.74, 6) is -0.590. The fourth-order valence-corrected chi connectivity index (χ4v) is 2.62. The van der Waals surface area contributed by atoms with E-state index in [4.69, 9.17) is 10.5 Å². The largest absolute Gasteiger partial charge is 0.383 e. The number of methoxy groups -OCH3 is 1. The molecular formula is C12H18N2O4S. The van der Waals surface area contributed by atoms with Crippen molar-refractivity contribution < 1.29 is 17.9 Å². The summed E-state index contributed by atoms with van der Waals surface area (Å²) in [6.07, 6.45) is 0. The van der Waals surface area contributed by atoms with Gasteiger partial charge in [0.1, 0.15) is 6.04 Å². The van der Waals surface area contributed by atoms with Crippen molar-refractivity contribution in [2.75, 3.05) is 26.0 Å². The van der Waals surface area contributed by atoms with Crippen LogP contribution in [0, 0.1) is 0 Å². The molecule has 0 radical (unpaired) electrons. The van der Waals surface area contributed by atoms with Crippen LogP contribution in [0.15, 0.2) is 35.2 Å². The van der Waals surface area contributed by atoms with E-state index < -0.39 is 21.8 Å². The number of amides is 1. The molecule has 0 aliphatic heterocycles. The zero-order valence-corrected chi connectivity index (χ0v) is 11.5. The predicted octanol–water partition coefficient (Wildman–Crippen LogP) is -0.450. The molecule has 1 atom stereocenters. The number of hydrogen-bond acceptors (Lipinski definition) is 5. The minimum absolute atomic E-state index is 0.0213. The molecule has 7 heteroatoms. The summed E-state index contributed by atoms with van der Waals surface area (Å²) in [5.41, 5.74) is 5.50.